The Labute approximate surface area is 108 Å². The van der Waals surface area contributed by atoms with Gasteiger partial charge in [-0.15, -0.1) is 0 Å². The van der Waals surface area contributed by atoms with Gasteiger partial charge in [0.15, 0.2) is 0 Å². The molecule has 0 unspecified atom stereocenters. The van der Waals surface area contributed by atoms with Crippen molar-refractivity contribution in [1.29, 1.82) is 0 Å². The minimum atomic E-state index is -1.42. The van der Waals surface area contributed by atoms with Crippen molar-refractivity contribution in [3.63, 3.8) is 0 Å². The molecule has 0 aliphatic heterocycles. The number of hydrogen-bond acceptors (Lipinski definition) is 4. The number of halogens is 1. The van der Waals surface area contributed by atoms with Crippen molar-refractivity contribution in [2.24, 2.45) is 5.41 Å². The SMILES string of the molecule is CC(C)(C)OC(=O)[C@@](C)(OC(=O)Cl)C(C)(C)C. The maximum absolute atomic E-state index is 12.1. The van der Waals surface area contributed by atoms with Gasteiger partial charge in [0.05, 0.1) is 0 Å². The molecule has 4 nitrogen and oxygen atoms in total. The molecule has 0 rings (SSSR count). The van der Waals surface area contributed by atoms with Crippen LogP contribution < -0.4 is 0 Å². The second-order valence-corrected chi connectivity index (χ2v) is 6.43. The van der Waals surface area contributed by atoms with Crippen LogP contribution >= 0.6 is 11.6 Å². The molecule has 0 radical (unpaired) electrons. The molecule has 0 heterocycles. The van der Waals surface area contributed by atoms with Crippen LogP contribution in [0.1, 0.15) is 48.5 Å². The lowest BCUT2D eigenvalue weighted by Gasteiger charge is -2.39. The zero-order chi connectivity index (χ0) is 14.1. The van der Waals surface area contributed by atoms with E-state index in [4.69, 9.17) is 21.1 Å². The van der Waals surface area contributed by atoms with Crippen molar-refractivity contribution in [2.75, 3.05) is 0 Å². The van der Waals surface area contributed by atoms with Crippen molar-refractivity contribution in [2.45, 2.75) is 59.7 Å². The van der Waals surface area contributed by atoms with E-state index in [2.05, 4.69) is 0 Å². The largest absolute Gasteiger partial charge is 0.457 e. The minimum absolute atomic E-state index is 0.605. The van der Waals surface area contributed by atoms with Crippen LogP contribution in [0.3, 0.4) is 0 Å². The van der Waals surface area contributed by atoms with Gasteiger partial charge >= 0.3 is 11.4 Å². The highest BCUT2D eigenvalue weighted by Gasteiger charge is 2.50. The molecule has 5 heteroatoms. The third-order valence-corrected chi connectivity index (χ3v) is 2.58. The number of hydrogen-bond donors (Lipinski definition) is 0. The lowest BCUT2D eigenvalue weighted by atomic mass is 9.77. The van der Waals surface area contributed by atoms with Crippen molar-refractivity contribution in [1.82, 2.24) is 0 Å². The molecule has 100 valence electrons. The van der Waals surface area contributed by atoms with Crippen LogP contribution in [-0.4, -0.2) is 22.6 Å². The molecule has 0 fully saturated rings. The molecule has 0 saturated heterocycles. The molecule has 0 bridgehead atoms. The van der Waals surface area contributed by atoms with Crippen LogP contribution in [0, 0.1) is 5.41 Å². The van der Waals surface area contributed by atoms with E-state index in [1.165, 1.54) is 6.92 Å². The van der Waals surface area contributed by atoms with E-state index in [1.54, 1.807) is 41.5 Å². The predicted molar refractivity (Wildman–Crippen MR) is 66.0 cm³/mol. The van der Waals surface area contributed by atoms with E-state index in [-0.39, 0.29) is 0 Å². The molecule has 0 saturated carbocycles. The summed E-state index contributed by atoms with van der Waals surface area (Å²) in [6.45, 7) is 12.1. The van der Waals surface area contributed by atoms with Gasteiger partial charge in [-0.1, -0.05) is 20.8 Å². The van der Waals surface area contributed by atoms with Gasteiger partial charge in [-0.25, -0.2) is 9.59 Å². The summed E-state index contributed by atoms with van der Waals surface area (Å²) >= 11 is 5.21. The maximum Gasteiger partial charge on any atom is 0.404 e. The van der Waals surface area contributed by atoms with Crippen LogP contribution in [0.15, 0.2) is 0 Å². The lowest BCUT2D eigenvalue weighted by Crippen LogP contribution is -2.52. The standard InChI is InChI=1S/C12H21ClO4/c1-10(2,3)12(7,17-9(13)15)8(14)16-11(4,5)6/h1-7H3/t12-/m1/s1. The molecule has 0 aromatic rings. The first-order chi connectivity index (χ1) is 7.29. The van der Waals surface area contributed by atoms with Crippen LogP contribution in [0.5, 0.6) is 0 Å². The van der Waals surface area contributed by atoms with E-state index >= 15 is 0 Å². The number of carbonyl (C=O) groups is 2. The molecule has 0 N–H and O–H groups in total. The van der Waals surface area contributed by atoms with E-state index in [0.717, 1.165) is 0 Å². The fourth-order valence-corrected chi connectivity index (χ4v) is 1.19. The van der Waals surface area contributed by atoms with E-state index in [9.17, 15) is 9.59 Å². The fourth-order valence-electron chi connectivity index (χ4n) is 1.04. The molecular weight excluding hydrogens is 244 g/mol. The molecule has 0 spiro atoms. The molecule has 17 heavy (non-hydrogen) atoms. The third kappa shape index (κ3) is 4.54. The smallest absolute Gasteiger partial charge is 0.404 e. The van der Waals surface area contributed by atoms with Crippen molar-refractivity contribution < 1.29 is 19.1 Å². The molecule has 0 aromatic carbocycles. The maximum atomic E-state index is 12.1. The van der Waals surface area contributed by atoms with Gasteiger partial charge in [0, 0.05) is 17.0 Å². The Hall–Kier alpha value is -0.770. The van der Waals surface area contributed by atoms with E-state index in [0.29, 0.717) is 0 Å². The first-order valence-electron chi connectivity index (χ1n) is 5.41. The van der Waals surface area contributed by atoms with Crippen molar-refractivity contribution >= 4 is 23.0 Å². The van der Waals surface area contributed by atoms with Gasteiger partial charge in [-0.05, 0) is 27.7 Å². The Morgan fingerprint density at radius 1 is 0.882 bits per heavy atom. The number of rotatable bonds is 2. The van der Waals surface area contributed by atoms with Crippen LogP contribution in [0.4, 0.5) is 4.79 Å². The van der Waals surface area contributed by atoms with E-state index < -0.39 is 28.0 Å². The molecule has 0 amide bonds. The second kappa shape index (κ2) is 4.84. The molecule has 0 aromatic heterocycles. The first-order valence-corrected chi connectivity index (χ1v) is 5.79. The Morgan fingerprint density at radius 3 is 1.53 bits per heavy atom. The van der Waals surface area contributed by atoms with Gasteiger partial charge < -0.3 is 9.47 Å². The summed E-state index contributed by atoms with van der Waals surface area (Å²) in [5.74, 6) is -0.605. The normalized spacial score (nSPS) is 16.0. The molecule has 1 atom stereocenters. The quantitative estimate of drug-likeness (QED) is 0.566. The number of carbonyl (C=O) groups excluding carboxylic acids is 2. The fraction of sp³-hybridized carbons (Fsp3) is 0.833. The average Bonchev–Trinajstić information content (AvgIpc) is 1.96. The molecule has 0 aliphatic carbocycles. The highest BCUT2D eigenvalue weighted by atomic mass is 35.5. The summed E-state index contributed by atoms with van der Waals surface area (Å²) in [4.78, 5) is 23.0. The summed E-state index contributed by atoms with van der Waals surface area (Å²) in [6.07, 6.45) is 0. The molecular formula is C12H21ClO4. The highest BCUT2D eigenvalue weighted by molar-refractivity contribution is 6.61. The Balaban J connectivity index is 5.21. The summed E-state index contributed by atoms with van der Waals surface area (Å²) in [5, 5.41) is 0. The number of esters is 1. The van der Waals surface area contributed by atoms with Crippen LogP contribution in [0.25, 0.3) is 0 Å². The average molecular weight is 265 g/mol. The van der Waals surface area contributed by atoms with Gasteiger partial charge in [0.2, 0.25) is 5.60 Å². The summed E-state index contributed by atoms with van der Waals surface area (Å²) in [6, 6.07) is 0. The molecule has 0 aliphatic rings. The second-order valence-electron chi connectivity index (χ2n) is 6.12. The van der Waals surface area contributed by atoms with Crippen molar-refractivity contribution in [3.8, 4) is 0 Å². The summed E-state index contributed by atoms with van der Waals surface area (Å²) in [7, 11) is 0. The Kier molecular flexibility index (Phi) is 4.63. The van der Waals surface area contributed by atoms with Crippen LogP contribution in [-0.2, 0) is 14.3 Å². The zero-order valence-electron chi connectivity index (χ0n) is 11.5. The summed E-state index contributed by atoms with van der Waals surface area (Å²) < 4.78 is 10.2. The first kappa shape index (κ1) is 16.2. The van der Waals surface area contributed by atoms with E-state index in [1.807, 2.05) is 0 Å². The summed E-state index contributed by atoms with van der Waals surface area (Å²) in [5.41, 5.74) is -3.71. The monoisotopic (exact) mass is 264 g/mol. The predicted octanol–water partition coefficient (Wildman–Crippen LogP) is 3.51. The van der Waals surface area contributed by atoms with Gasteiger partial charge in [0.1, 0.15) is 5.60 Å². The van der Waals surface area contributed by atoms with Gasteiger partial charge in [0.25, 0.3) is 0 Å². The van der Waals surface area contributed by atoms with Crippen LogP contribution in [0.2, 0.25) is 0 Å². The Morgan fingerprint density at radius 2 is 1.29 bits per heavy atom. The van der Waals surface area contributed by atoms with Gasteiger partial charge in [-0.3, -0.25) is 0 Å². The highest BCUT2D eigenvalue weighted by Crippen LogP contribution is 2.36. The Bertz CT molecular complexity index is 311. The van der Waals surface area contributed by atoms with Gasteiger partial charge in [-0.2, -0.15) is 0 Å². The minimum Gasteiger partial charge on any atom is -0.457 e. The lowest BCUT2D eigenvalue weighted by molar-refractivity contribution is -0.185. The zero-order valence-corrected chi connectivity index (χ0v) is 12.3. The number of ether oxygens (including phenoxy) is 2. The third-order valence-electron chi connectivity index (χ3n) is 2.50. The van der Waals surface area contributed by atoms with Crippen molar-refractivity contribution in [3.05, 3.63) is 0 Å². The topological polar surface area (TPSA) is 52.6 Å².